The minimum absolute atomic E-state index is 0.354. The quantitative estimate of drug-likeness (QED) is 0.363. The van der Waals surface area contributed by atoms with Crippen molar-refractivity contribution in [2.24, 2.45) is 0 Å². The smallest absolute Gasteiger partial charge is 0.180 e. The van der Waals surface area contributed by atoms with E-state index < -0.39 is 0 Å². The molecule has 1 N–H and O–H groups in total. The predicted octanol–water partition coefficient (Wildman–Crippen LogP) is 7.89. The number of hydrogen-bond donors (Lipinski definition) is 1. The van der Waals surface area contributed by atoms with E-state index >= 15 is 0 Å². The highest BCUT2D eigenvalue weighted by molar-refractivity contribution is 6.35. The zero-order valence-corrected chi connectivity index (χ0v) is 18.7. The summed E-state index contributed by atoms with van der Waals surface area (Å²) >= 11 is 24.7. The molecule has 0 amide bonds. The second kappa shape index (κ2) is 10.3. The molecule has 0 aliphatic rings. The first kappa shape index (κ1) is 21.9. The Hall–Kier alpha value is -1.78. The van der Waals surface area contributed by atoms with Crippen LogP contribution in [0.1, 0.15) is 18.1 Å². The minimum Gasteiger partial charge on any atom is -0.490 e. The number of hydrogen-bond acceptors (Lipinski definition) is 3. The summed E-state index contributed by atoms with van der Waals surface area (Å²) in [6, 6.07) is 16.5. The molecule has 0 unspecified atom stereocenters. The van der Waals surface area contributed by atoms with Gasteiger partial charge < -0.3 is 14.8 Å². The summed E-state index contributed by atoms with van der Waals surface area (Å²) in [5, 5.41) is 5.61. The van der Waals surface area contributed by atoms with Crippen molar-refractivity contribution in [3.63, 3.8) is 0 Å². The van der Waals surface area contributed by atoms with Crippen LogP contribution in [0.2, 0.25) is 20.1 Å². The van der Waals surface area contributed by atoms with Crippen molar-refractivity contribution < 1.29 is 9.47 Å². The monoisotopic (exact) mass is 469 g/mol. The second-order valence-corrected chi connectivity index (χ2v) is 7.92. The van der Waals surface area contributed by atoms with E-state index in [1.807, 2.05) is 43.3 Å². The number of ether oxygens (including phenoxy) is 2. The van der Waals surface area contributed by atoms with Gasteiger partial charge in [0.15, 0.2) is 11.5 Å². The number of rotatable bonds is 8. The molecule has 0 fully saturated rings. The zero-order chi connectivity index (χ0) is 20.8. The Balaban J connectivity index is 1.76. The molecule has 29 heavy (non-hydrogen) atoms. The van der Waals surface area contributed by atoms with Crippen LogP contribution in [0.5, 0.6) is 11.5 Å². The van der Waals surface area contributed by atoms with Gasteiger partial charge in [-0.1, -0.05) is 58.5 Å². The fraction of sp³-hybridized carbons (Fsp3) is 0.182. The topological polar surface area (TPSA) is 30.5 Å². The van der Waals surface area contributed by atoms with Crippen LogP contribution in [-0.2, 0) is 13.2 Å². The van der Waals surface area contributed by atoms with E-state index in [1.165, 1.54) is 0 Å². The van der Waals surface area contributed by atoms with Crippen LogP contribution in [0.25, 0.3) is 0 Å². The third-order valence-corrected chi connectivity index (χ3v) is 5.17. The third-order valence-electron chi connectivity index (χ3n) is 4.08. The lowest BCUT2D eigenvalue weighted by Gasteiger charge is -2.16. The van der Waals surface area contributed by atoms with Crippen molar-refractivity contribution in [2.75, 3.05) is 11.9 Å². The van der Waals surface area contributed by atoms with Gasteiger partial charge in [-0.25, -0.2) is 0 Å². The highest BCUT2D eigenvalue weighted by atomic mass is 35.5. The van der Waals surface area contributed by atoms with E-state index in [1.54, 1.807) is 18.2 Å². The fourth-order valence-electron chi connectivity index (χ4n) is 2.69. The van der Waals surface area contributed by atoms with Gasteiger partial charge in [0, 0.05) is 16.6 Å². The molecule has 0 radical (unpaired) electrons. The minimum atomic E-state index is 0.354. The average molecular weight is 471 g/mol. The van der Waals surface area contributed by atoms with E-state index in [-0.39, 0.29) is 0 Å². The molecular formula is C22H19Cl4NO2. The standard InChI is InChI=1S/C22H19Cl4NO2/c1-2-28-21-10-15(12-27-20-11-17(24)7-8-18(20)25)9-19(26)22(21)29-13-14-3-5-16(23)6-4-14/h3-11,27H,2,12-13H2,1H3. The predicted molar refractivity (Wildman–Crippen MR) is 122 cm³/mol. The van der Waals surface area contributed by atoms with E-state index in [9.17, 15) is 0 Å². The van der Waals surface area contributed by atoms with Gasteiger partial charge in [0.25, 0.3) is 0 Å². The van der Waals surface area contributed by atoms with Crippen LogP contribution in [0.3, 0.4) is 0 Å². The van der Waals surface area contributed by atoms with E-state index in [4.69, 9.17) is 55.9 Å². The van der Waals surface area contributed by atoms with Gasteiger partial charge in [-0.3, -0.25) is 0 Å². The summed E-state index contributed by atoms with van der Waals surface area (Å²) in [7, 11) is 0. The second-order valence-electron chi connectivity index (χ2n) is 6.23. The molecule has 0 aliphatic heterocycles. The normalized spacial score (nSPS) is 10.7. The van der Waals surface area contributed by atoms with Gasteiger partial charge in [-0.15, -0.1) is 0 Å². The van der Waals surface area contributed by atoms with Gasteiger partial charge in [0.05, 0.1) is 22.3 Å². The number of benzene rings is 3. The first-order chi connectivity index (χ1) is 14.0. The van der Waals surface area contributed by atoms with Gasteiger partial charge >= 0.3 is 0 Å². The lowest BCUT2D eigenvalue weighted by molar-refractivity contribution is 0.269. The summed E-state index contributed by atoms with van der Waals surface area (Å²) in [5.41, 5.74) is 2.65. The summed E-state index contributed by atoms with van der Waals surface area (Å²) in [4.78, 5) is 0. The largest absolute Gasteiger partial charge is 0.490 e. The molecule has 0 spiro atoms. The number of halogens is 4. The molecule has 3 aromatic carbocycles. The molecule has 0 atom stereocenters. The van der Waals surface area contributed by atoms with Gasteiger partial charge in [0.1, 0.15) is 6.61 Å². The van der Waals surface area contributed by atoms with Crippen LogP contribution in [0.4, 0.5) is 5.69 Å². The SMILES string of the molecule is CCOc1cc(CNc2cc(Cl)ccc2Cl)cc(Cl)c1OCc1ccc(Cl)cc1. The molecule has 0 saturated carbocycles. The van der Waals surface area contributed by atoms with Crippen LogP contribution in [-0.4, -0.2) is 6.61 Å². The maximum absolute atomic E-state index is 6.50. The summed E-state index contributed by atoms with van der Waals surface area (Å²) in [5.74, 6) is 1.09. The molecule has 0 aliphatic carbocycles. The van der Waals surface area contributed by atoms with Crippen LogP contribution < -0.4 is 14.8 Å². The summed E-state index contributed by atoms with van der Waals surface area (Å²) < 4.78 is 11.7. The third kappa shape index (κ3) is 6.10. The summed E-state index contributed by atoms with van der Waals surface area (Å²) in [6.45, 7) is 3.25. The van der Waals surface area contributed by atoms with E-state index in [0.29, 0.717) is 51.3 Å². The Labute approximate surface area is 190 Å². The van der Waals surface area contributed by atoms with Gasteiger partial charge in [-0.05, 0) is 60.5 Å². The Morgan fingerprint density at radius 2 is 1.48 bits per heavy atom. The maximum Gasteiger partial charge on any atom is 0.180 e. The number of anilines is 1. The summed E-state index contributed by atoms with van der Waals surface area (Å²) in [6.07, 6.45) is 0. The van der Waals surface area contributed by atoms with Crippen molar-refractivity contribution in [1.82, 2.24) is 0 Å². The molecule has 152 valence electrons. The molecule has 3 rings (SSSR count). The van der Waals surface area contributed by atoms with Crippen LogP contribution in [0.15, 0.2) is 54.6 Å². The molecule has 0 bridgehead atoms. The Morgan fingerprint density at radius 3 is 2.21 bits per heavy atom. The van der Waals surface area contributed by atoms with E-state index in [0.717, 1.165) is 16.8 Å². The van der Waals surface area contributed by atoms with Crippen molar-refractivity contribution in [3.05, 3.63) is 85.8 Å². The lowest BCUT2D eigenvalue weighted by Crippen LogP contribution is -2.04. The Kier molecular flexibility index (Phi) is 7.79. The molecule has 3 aromatic rings. The zero-order valence-electron chi connectivity index (χ0n) is 15.6. The Bertz CT molecular complexity index is 977. The van der Waals surface area contributed by atoms with Gasteiger partial charge in [-0.2, -0.15) is 0 Å². The van der Waals surface area contributed by atoms with Crippen molar-refractivity contribution in [2.45, 2.75) is 20.1 Å². The van der Waals surface area contributed by atoms with Gasteiger partial charge in [0.2, 0.25) is 0 Å². The highest BCUT2D eigenvalue weighted by Crippen LogP contribution is 2.38. The molecule has 0 aromatic heterocycles. The average Bonchev–Trinajstić information content (AvgIpc) is 2.69. The first-order valence-electron chi connectivity index (χ1n) is 8.97. The molecular weight excluding hydrogens is 452 g/mol. The molecule has 7 heteroatoms. The van der Waals surface area contributed by atoms with Crippen molar-refractivity contribution in [1.29, 1.82) is 0 Å². The number of nitrogens with one attached hydrogen (secondary N) is 1. The lowest BCUT2D eigenvalue weighted by atomic mass is 10.2. The molecule has 3 nitrogen and oxygen atoms in total. The van der Waals surface area contributed by atoms with Crippen molar-refractivity contribution in [3.8, 4) is 11.5 Å². The van der Waals surface area contributed by atoms with E-state index in [2.05, 4.69) is 5.32 Å². The highest BCUT2D eigenvalue weighted by Gasteiger charge is 2.13. The molecule has 0 heterocycles. The van der Waals surface area contributed by atoms with Crippen molar-refractivity contribution >= 4 is 52.1 Å². The Morgan fingerprint density at radius 1 is 0.759 bits per heavy atom. The van der Waals surface area contributed by atoms with Crippen LogP contribution in [0, 0.1) is 0 Å². The maximum atomic E-state index is 6.50. The first-order valence-corrected chi connectivity index (χ1v) is 10.5. The van der Waals surface area contributed by atoms with Crippen LogP contribution >= 0.6 is 46.4 Å². The fourth-order valence-corrected chi connectivity index (χ4v) is 3.46. The molecule has 0 saturated heterocycles.